The first-order valence-corrected chi connectivity index (χ1v) is 7.50. The number of amides is 2. The molecule has 1 atom stereocenters. The number of rotatable bonds is 6. The Labute approximate surface area is 127 Å². The fourth-order valence-electron chi connectivity index (χ4n) is 2.23. The number of nitrogens with one attached hydrogen (secondary N) is 1. The second kappa shape index (κ2) is 7.81. The van der Waals surface area contributed by atoms with Crippen molar-refractivity contribution in [2.24, 2.45) is 0 Å². The maximum Gasteiger partial charge on any atom is 0.226 e. The summed E-state index contributed by atoms with van der Waals surface area (Å²) in [5.74, 6) is -0.0397. The molecule has 0 saturated heterocycles. The molecule has 1 aromatic carbocycles. The second-order valence-electron chi connectivity index (χ2n) is 5.52. The molecular formula is C17H26N2O2. The summed E-state index contributed by atoms with van der Waals surface area (Å²) in [4.78, 5) is 25.4. The molecule has 21 heavy (non-hydrogen) atoms. The lowest BCUT2D eigenvalue weighted by Gasteiger charge is -2.27. The molecule has 0 saturated carbocycles. The Kier molecular flexibility index (Phi) is 6.40. The number of benzene rings is 1. The van der Waals surface area contributed by atoms with Crippen LogP contribution in [0.5, 0.6) is 0 Å². The second-order valence-corrected chi connectivity index (χ2v) is 5.52. The van der Waals surface area contributed by atoms with E-state index in [-0.39, 0.29) is 17.9 Å². The standard InChI is InChI=1S/C17H26N2O2/c1-6-13(3)19(15(5)20)11-10-17(21)18-16-9-7-8-12(2)14(16)4/h7-9,13H,6,10-11H2,1-5H3,(H,18,21). The zero-order chi connectivity index (χ0) is 16.0. The van der Waals surface area contributed by atoms with Crippen molar-refractivity contribution in [3.05, 3.63) is 29.3 Å². The Morgan fingerprint density at radius 2 is 1.95 bits per heavy atom. The first-order valence-electron chi connectivity index (χ1n) is 7.50. The highest BCUT2D eigenvalue weighted by Gasteiger charge is 2.16. The lowest BCUT2D eigenvalue weighted by atomic mass is 10.1. The molecule has 0 radical (unpaired) electrons. The molecule has 0 aromatic heterocycles. The summed E-state index contributed by atoms with van der Waals surface area (Å²) in [5.41, 5.74) is 3.08. The van der Waals surface area contributed by atoms with Gasteiger partial charge in [-0.2, -0.15) is 0 Å². The van der Waals surface area contributed by atoms with Crippen molar-refractivity contribution in [1.29, 1.82) is 0 Å². The third-order valence-electron chi connectivity index (χ3n) is 3.99. The summed E-state index contributed by atoms with van der Waals surface area (Å²) in [5, 5.41) is 2.93. The van der Waals surface area contributed by atoms with Gasteiger partial charge in [0.25, 0.3) is 0 Å². The molecule has 1 rings (SSSR count). The average molecular weight is 290 g/mol. The predicted molar refractivity (Wildman–Crippen MR) is 86.3 cm³/mol. The monoisotopic (exact) mass is 290 g/mol. The zero-order valence-electron chi connectivity index (χ0n) is 13.7. The first kappa shape index (κ1) is 17.2. The van der Waals surface area contributed by atoms with E-state index in [2.05, 4.69) is 5.32 Å². The number of hydrogen-bond acceptors (Lipinski definition) is 2. The molecule has 0 spiro atoms. The van der Waals surface area contributed by atoms with Gasteiger partial charge >= 0.3 is 0 Å². The van der Waals surface area contributed by atoms with Crippen molar-refractivity contribution in [3.63, 3.8) is 0 Å². The van der Waals surface area contributed by atoms with E-state index in [0.29, 0.717) is 13.0 Å². The molecule has 1 unspecified atom stereocenters. The van der Waals surface area contributed by atoms with Crippen LogP contribution in [-0.2, 0) is 9.59 Å². The number of carbonyl (C=O) groups is 2. The van der Waals surface area contributed by atoms with Gasteiger partial charge in [0.15, 0.2) is 0 Å². The molecule has 4 nitrogen and oxygen atoms in total. The summed E-state index contributed by atoms with van der Waals surface area (Å²) in [6.45, 7) is 10.1. The van der Waals surface area contributed by atoms with E-state index in [1.165, 1.54) is 0 Å². The number of aryl methyl sites for hydroxylation is 1. The van der Waals surface area contributed by atoms with Crippen LogP contribution in [0.25, 0.3) is 0 Å². The van der Waals surface area contributed by atoms with Crippen LogP contribution in [0, 0.1) is 13.8 Å². The quantitative estimate of drug-likeness (QED) is 0.874. The largest absolute Gasteiger partial charge is 0.340 e. The molecule has 4 heteroatoms. The number of anilines is 1. The van der Waals surface area contributed by atoms with Crippen LogP contribution in [0.4, 0.5) is 5.69 Å². The van der Waals surface area contributed by atoms with Crippen LogP contribution in [0.1, 0.15) is 44.7 Å². The van der Waals surface area contributed by atoms with Crippen molar-refractivity contribution < 1.29 is 9.59 Å². The molecule has 0 aliphatic rings. The Hall–Kier alpha value is -1.84. The normalized spacial score (nSPS) is 11.9. The van der Waals surface area contributed by atoms with Gasteiger partial charge in [0.2, 0.25) is 11.8 Å². The van der Waals surface area contributed by atoms with Crippen LogP contribution in [0.2, 0.25) is 0 Å². The minimum Gasteiger partial charge on any atom is -0.340 e. The topological polar surface area (TPSA) is 49.4 Å². The van der Waals surface area contributed by atoms with E-state index in [0.717, 1.165) is 23.2 Å². The van der Waals surface area contributed by atoms with Gasteiger partial charge in [-0.25, -0.2) is 0 Å². The molecule has 0 aliphatic heterocycles. The highest BCUT2D eigenvalue weighted by Crippen LogP contribution is 2.18. The fraction of sp³-hybridized carbons (Fsp3) is 0.529. The summed E-state index contributed by atoms with van der Waals surface area (Å²) in [7, 11) is 0. The Morgan fingerprint density at radius 3 is 2.52 bits per heavy atom. The molecule has 0 aliphatic carbocycles. The van der Waals surface area contributed by atoms with E-state index in [1.54, 1.807) is 11.8 Å². The van der Waals surface area contributed by atoms with E-state index in [9.17, 15) is 9.59 Å². The first-order chi connectivity index (χ1) is 9.86. The minimum absolute atomic E-state index is 0.0175. The van der Waals surface area contributed by atoms with Gasteiger partial charge in [-0.1, -0.05) is 19.1 Å². The van der Waals surface area contributed by atoms with Gasteiger partial charge in [-0.05, 0) is 44.4 Å². The SMILES string of the molecule is CCC(C)N(CCC(=O)Nc1cccc(C)c1C)C(C)=O. The molecule has 0 heterocycles. The van der Waals surface area contributed by atoms with Crippen molar-refractivity contribution >= 4 is 17.5 Å². The van der Waals surface area contributed by atoms with Crippen LogP contribution in [-0.4, -0.2) is 29.3 Å². The van der Waals surface area contributed by atoms with Gasteiger partial charge in [0.1, 0.15) is 0 Å². The highest BCUT2D eigenvalue weighted by atomic mass is 16.2. The van der Waals surface area contributed by atoms with E-state index < -0.39 is 0 Å². The van der Waals surface area contributed by atoms with Crippen LogP contribution >= 0.6 is 0 Å². The van der Waals surface area contributed by atoms with Gasteiger partial charge in [-0.15, -0.1) is 0 Å². The smallest absolute Gasteiger partial charge is 0.226 e. The van der Waals surface area contributed by atoms with Crippen molar-refractivity contribution in [3.8, 4) is 0 Å². The lowest BCUT2D eigenvalue weighted by molar-refractivity contribution is -0.131. The Balaban J connectivity index is 2.61. The average Bonchev–Trinajstić information content (AvgIpc) is 2.43. The van der Waals surface area contributed by atoms with Gasteiger partial charge < -0.3 is 10.2 Å². The minimum atomic E-state index is -0.0572. The van der Waals surface area contributed by atoms with Crippen LogP contribution < -0.4 is 5.32 Å². The fourth-order valence-corrected chi connectivity index (χ4v) is 2.23. The van der Waals surface area contributed by atoms with Crippen molar-refractivity contribution in [2.75, 3.05) is 11.9 Å². The molecule has 1 aromatic rings. The van der Waals surface area contributed by atoms with Gasteiger partial charge in [-0.3, -0.25) is 9.59 Å². The van der Waals surface area contributed by atoms with E-state index in [4.69, 9.17) is 0 Å². The predicted octanol–water partition coefficient (Wildman–Crippen LogP) is 3.28. The zero-order valence-corrected chi connectivity index (χ0v) is 13.7. The number of hydrogen-bond donors (Lipinski definition) is 1. The molecule has 2 amide bonds. The molecular weight excluding hydrogens is 264 g/mol. The third-order valence-corrected chi connectivity index (χ3v) is 3.99. The van der Waals surface area contributed by atoms with Crippen LogP contribution in [0.15, 0.2) is 18.2 Å². The highest BCUT2D eigenvalue weighted by molar-refractivity contribution is 5.92. The Bertz CT molecular complexity index is 512. The van der Waals surface area contributed by atoms with E-state index in [1.807, 2.05) is 45.9 Å². The molecule has 0 bridgehead atoms. The molecule has 0 fully saturated rings. The lowest BCUT2D eigenvalue weighted by Crippen LogP contribution is -2.38. The number of nitrogens with zero attached hydrogens (tertiary/aromatic N) is 1. The summed E-state index contributed by atoms with van der Waals surface area (Å²) >= 11 is 0. The van der Waals surface area contributed by atoms with Gasteiger partial charge in [0, 0.05) is 31.6 Å². The van der Waals surface area contributed by atoms with Crippen molar-refractivity contribution in [2.45, 2.75) is 53.5 Å². The summed E-state index contributed by atoms with van der Waals surface area (Å²) < 4.78 is 0. The third kappa shape index (κ3) is 4.88. The maximum absolute atomic E-state index is 12.1. The van der Waals surface area contributed by atoms with Crippen molar-refractivity contribution in [1.82, 2.24) is 4.90 Å². The number of carbonyl (C=O) groups excluding carboxylic acids is 2. The summed E-state index contributed by atoms with van der Waals surface area (Å²) in [6.07, 6.45) is 1.20. The van der Waals surface area contributed by atoms with E-state index >= 15 is 0 Å². The maximum atomic E-state index is 12.1. The Morgan fingerprint density at radius 1 is 1.29 bits per heavy atom. The summed E-state index contributed by atoms with van der Waals surface area (Å²) in [6, 6.07) is 6.01. The molecule has 1 N–H and O–H groups in total. The molecule has 116 valence electrons. The van der Waals surface area contributed by atoms with Crippen LogP contribution in [0.3, 0.4) is 0 Å². The van der Waals surface area contributed by atoms with Gasteiger partial charge in [0.05, 0.1) is 0 Å².